The molecule has 0 amide bonds. The molecule has 0 atom stereocenters. The number of hydrogen-bond donors (Lipinski definition) is 1. The molecule has 2 N–H and O–H groups in total. The van der Waals surface area contributed by atoms with Gasteiger partial charge >= 0.3 is 0 Å². The van der Waals surface area contributed by atoms with Gasteiger partial charge in [-0.05, 0) is 29.3 Å². The molecule has 2 aromatic carbocycles. The fourth-order valence-corrected chi connectivity index (χ4v) is 2.35. The molecule has 0 saturated carbocycles. The zero-order chi connectivity index (χ0) is 12.5. The summed E-state index contributed by atoms with van der Waals surface area (Å²) in [6, 6.07) is 10.9. The summed E-state index contributed by atoms with van der Waals surface area (Å²) in [6.07, 6.45) is 0.774. The molecule has 0 bridgehead atoms. The lowest BCUT2D eigenvalue weighted by atomic mass is 9.99. The van der Waals surface area contributed by atoms with Crippen LogP contribution in [-0.2, 0) is 13.0 Å². The van der Waals surface area contributed by atoms with Crippen LogP contribution < -0.4 is 10.5 Å². The van der Waals surface area contributed by atoms with Gasteiger partial charge in [-0.1, -0.05) is 18.2 Å². The van der Waals surface area contributed by atoms with Crippen molar-refractivity contribution in [1.29, 1.82) is 0 Å². The van der Waals surface area contributed by atoms with Crippen LogP contribution in [0.1, 0.15) is 11.1 Å². The van der Waals surface area contributed by atoms with E-state index in [2.05, 4.69) is 0 Å². The SMILES string of the molecule is NCc1cccc(-c2cc(F)cc3c2OCC3)c1. The van der Waals surface area contributed by atoms with Crippen molar-refractivity contribution in [3.8, 4) is 16.9 Å². The summed E-state index contributed by atoms with van der Waals surface area (Å²) in [4.78, 5) is 0. The molecule has 0 fully saturated rings. The van der Waals surface area contributed by atoms with Gasteiger partial charge in [0, 0.05) is 24.1 Å². The number of benzene rings is 2. The summed E-state index contributed by atoms with van der Waals surface area (Å²) >= 11 is 0. The lowest BCUT2D eigenvalue weighted by molar-refractivity contribution is 0.358. The predicted octanol–water partition coefficient (Wildman–Crippen LogP) is 2.89. The number of rotatable bonds is 2. The Balaban J connectivity index is 2.16. The summed E-state index contributed by atoms with van der Waals surface area (Å²) in [7, 11) is 0. The van der Waals surface area contributed by atoms with E-state index in [0.717, 1.165) is 34.4 Å². The van der Waals surface area contributed by atoms with Gasteiger partial charge in [-0.2, -0.15) is 0 Å². The third-order valence-corrected chi connectivity index (χ3v) is 3.22. The maximum atomic E-state index is 13.6. The first-order chi connectivity index (χ1) is 8.78. The predicted molar refractivity (Wildman–Crippen MR) is 68.9 cm³/mol. The Morgan fingerprint density at radius 1 is 1.22 bits per heavy atom. The Morgan fingerprint density at radius 3 is 2.94 bits per heavy atom. The van der Waals surface area contributed by atoms with Crippen LogP contribution in [0, 0.1) is 5.82 Å². The van der Waals surface area contributed by atoms with Gasteiger partial charge in [0.05, 0.1) is 6.61 Å². The second kappa shape index (κ2) is 4.42. The second-order valence-electron chi connectivity index (χ2n) is 4.44. The average Bonchev–Trinajstić information content (AvgIpc) is 2.85. The van der Waals surface area contributed by atoms with Gasteiger partial charge < -0.3 is 10.5 Å². The molecule has 1 aliphatic rings. The summed E-state index contributed by atoms with van der Waals surface area (Å²) in [5, 5.41) is 0. The van der Waals surface area contributed by atoms with E-state index in [1.807, 2.05) is 24.3 Å². The zero-order valence-corrected chi connectivity index (χ0v) is 9.95. The van der Waals surface area contributed by atoms with Crippen molar-refractivity contribution in [1.82, 2.24) is 0 Å². The van der Waals surface area contributed by atoms with E-state index in [-0.39, 0.29) is 5.82 Å². The molecule has 1 aliphatic heterocycles. The minimum Gasteiger partial charge on any atom is -0.492 e. The van der Waals surface area contributed by atoms with Crippen LogP contribution in [0.2, 0.25) is 0 Å². The molecule has 0 saturated heterocycles. The maximum absolute atomic E-state index is 13.6. The van der Waals surface area contributed by atoms with E-state index >= 15 is 0 Å². The molecule has 2 nitrogen and oxygen atoms in total. The van der Waals surface area contributed by atoms with Crippen LogP contribution in [0.3, 0.4) is 0 Å². The van der Waals surface area contributed by atoms with Crippen LogP contribution >= 0.6 is 0 Å². The third kappa shape index (κ3) is 1.87. The Hall–Kier alpha value is -1.87. The van der Waals surface area contributed by atoms with E-state index in [9.17, 15) is 4.39 Å². The minimum atomic E-state index is -0.215. The highest BCUT2D eigenvalue weighted by Gasteiger charge is 2.19. The van der Waals surface area contributed by atoms with Gasteiger partial charge in [0.2, 0.25) is 0 Å². The van der Waals surface area contributed by atoms with E-state index in [1.165, 1.54) is 6.07 Å². The average molecular weight is 243 g/mol. The summed E-state index contributed by atoms with van der Waals surface area (Å²) in [5.41, 5.74) is 9.38. The highest BCUT2D eigenvalue weighted by Crippen LogP contribution is 2.37. The van der Waals surface area contributed by atoms with Crippen molar-refractivity contribution in [3.63, 3.8) is 0 Å². The summed E-state index contributed by atoms with van der Waals surface area (Å²) in [5.74, 6) is 0.595. The van der Waals surface area contributed by atoms with Crippen LogP contribution in [0.25, 0.3) is 11.1 Å². The van der Waals surface area contributed by atoms with Crippen molar-refractivity contribution >= 4 is 0 Å². The topological polar surface area (TPSA) is 35.2 Å². The van der Waals surface area contributed by atoms with Gasteiger partial charge in [-0.15, -0.1) is 0 Å². The van der Waals surface area contributed by atoms with Gasteiger partial charge in [0.15, 0.2) is 0 Å². The van der Waals surface area contributed by atoms with E-state index < -0.39 is 0 Å². The lowest BCUT2D eigenvalue weighted by Gasteiger charge is -2.09. The Kier molecular flexibility index (Phi) is 2.76. The minimum absolute atomic E-state index is 0.215. The van der Waals surface area contributed by atoms with Crippen molar-refractivity contribution in [2.75, 3.05) is 6.61 Å². The van der Waals surface area contributed by atoms with Gasteiger partial charge in [-0.3, -0.25) is 0 Å². The zero-order valence-electron chi connectivity index (χ0n) is 9.95. The molecule has 3 heteroatoms. The van der Waals surface area contributed by atoms with Crippen LogP contribution in [0.4, 0.5) is 4.39 Å². The molecular formula is C15H14FNO. The Morgan fingerprint density at radius 2 is 2.11 bits per heavy atom. The molecular weight excluding hydrogens is 229 g/mol. The van der Waals surface area contributed by atoms with Crippen LogP contribution in [-0.4, -0.2) is 6.61 Å². The molecule has 2 aromatic rings. The number of fused-ring (bicyclic) bond motifs is 1. The molecule has 92 valence electrons. The highest BCUT2D eigenvalue weighted by molar-refractivity contribution is 5.73. The highest BCUT2D eigenvalue weighted by atomic mass is 19.1. The van der Waals surface area contributed by atoms with Crippen molar-refractivity contribution in [3.05, 3.63) is 53.3 Å². The first-order valence-electron chi connectivity index (χ1n) is 6.02. The van der Waals surface area contributed by atoms with Gasteiger partial charge in [0.1, 0.15) is 11.6 Å². The first-order valence-corrected chi connectivity index (χ1v) is 6.02. The van der Waals surface area contributed by atoms with E-state index in [0.29, 0.717) is 13.2 Å². The smallest absolute Gasteiger partial charge is 0.130 e. The van der Waals surface area contributed by atoms with Gasteiger partial charge in [0.25, 0.3) is 0 Å². The molecule has 0 spiro atoms. The number of ether oxygens (including phenoxy) is 1. The Labute approximate surface area is 105 Å². The summed E-state index contributed by atoms with van der Waals surface area (Å²) in [6.45, 7) is 1.11. The fourth-order valence-electron chi connectivity index (χ4n) is 2.35. The van der Waals surface area contributed by atoms with Crippen molar-refractivity contribution in [2.45, 2.75) is 13.0 Å². The fraction of sp³-hybridized carbons (Fsp3) is 0.200. The lowest BCUT2D eigenvalue weighted by Crippen LogP contribution is -1.96. The van der Waals surface area contributed by atoms with Crippen LogP contribution in [0.5, 0.6) is 5.75 Å². The largest absolute Gasteiger partial charge is 0.492 e. The molecule has 1 heterocycles. The normalized spacial score (nSPS) is 13.2. The quantitative estimate of drug-likeness (QED) is 0.880. The van der Waals surface area contributed by atoms with E-state index in [1.54, 1.807) is 6.07 Å². The van der Waals surface area contributed by atoms with Crippen molar-refractivity contribution < 1.29 is 9.13 Å². The molecule has 18 heavy (non-hydrogen) atoms. The number of halogens is 1. The molecule has 0 unspecified atom stereocenters. The molecule has 0 aliphatic carbocycles. The molecule has 3 rings (SSSR count). The second-order valence-corrected chi connectivity index (χ2v) is 4.44. The number of hydrogen-bond acceptors (Lipinski definition) is 2. The molecule has 0 radical (unpaired) electrons. The standard InChI is InChI=1S/C15H14FNO/c16-13-7-12-4-5-18-15(12)14(8-13)11-3-1-2-10(6-11)9-17/h1-3,6-8H,4-5,9,17H2. The first kappa shape index (κ1) is 11.2. The van der Waals surface area contributed by atoms with Gasteiger partial charge in [-0.25, -0.2) is 4.39 Å². The van der Waals surface area contributed by atoms with Crippen molar-refractivity contribution in [2.24, 2.45) is 5.73 Å². The summed E-state index contributed by atoms with van der Waals surface area (Å²) < 4.78 is 19.2. The maximum Gasteiger partial charge on any atom is 0.130 e. The molecule has 0 aromatic heterocycles. The number of nitrogens with two attached hydrogens (primary N) is 1. The third-order valence-electron chi connectivity index (χ3n) is 3.22. The van der Waals surface area contributed by atoms with E-state index in [4.69, 9.17) is 10.5 Å². The Bertz CT molecular complexity index is 595. The monoisotopic (exact) mass is 243 g/mol. The van der Waals surface area contributed by atoms with Crippen LogP contribution in [0.15, 0.2) is 36.4 Å².